The lowest BCUT2D eigenvalue weighted by atomic mass is 10.0. The van der Waals surface area contributed by atoms with E-state index in [-0.39, 0.29) is 24.5 Å². The van der Waals surface area contributed by atoms with Crippen LogP contribution in [0.25, 0.3) is 0 Å². The van der Waals surface area contributed by atoms with Gasteiger partial charge in [-0.25, -0.2) is 0 Å². The van der Waals surface area contributed by atoms with Gasteiger partial charge in [-0.3, -0.25) is 13.9 Å². The summed E-state index contributed by atoms with van der Waals surface area (Å²) in [4.78, 5) is 14.0. The summed E-state index contributed by atoms with van der Waals surface area (Å²) in [5.74, 6) is 0.601. The van der Waals surface area contributed by atoms with Crippen LogP contribution in [0.15, 0.2) is 12.4 Å². The molecule has 22 heavy (non-hydrogen) atoms. The smallest absolute Gasteiger partial charge is 0.225 e. The van der Waals surface area contributed by atoms with Crippen molar-refractivity contribution < 1.29 is 13.9 Å². The minimum atomic E-state index is -0.595. The normalized spacial score (nSPS) is 24.9. The number of aromatic nitrogens is 2. The van der Waals surface area contributed by atoms with E-state index in [2.05, 4.69) is 5.10 Å². The number of likely N-dealkylation sites (tertiary alicyclic amines) is 1. The molecule has 3 rings (SSSR count). The molecule has 5 nitrogen and oxygen atoms in total. The summed E-state index contributed by atoms with van der Waals surface area (Å²) >= 11 is 0. The van der Waals surface area contributed by atoms with Gasteiger partial charge in [-0.15, -0.1) is 0 Å². The van der Waals surface area contributed by atoms with Gasteiger partial charge in [-0.2, -0.15) is 5.10 Å². The monoisotopic (exact) mass is 309 g/mol. The SMILES string of the molecule is Cn1cc(C[C@H]2[C@@H](OCC3CC3)CCN2C(=O)CCF)cn1. The number of amides is 1. The molecule has 1 saturated heterocycles. The highest BCUT2D eigenvalue weighted by Gasteiger charge is 2.38. The average molecular weight is 309 g/mol. The highest BCUT2D eigenvalue weighted by Crippen LogP contribution is 2.32. The zero-order chi connectivity index (χ0) is 15.5. The van der Waals surface area contributed by atoms with Crippen molar-refractivity contribution >= 4 is 5.91 Å². The molecule has 122 valence electrons. The van der Waals surface area contributed by atoms with Gasteiger partial charge in [0.25, 0.3) is 0 Å². The summed E-state index contributed by atoms with van der Waals surface area (Å²) in [7, 11) is 1.88. The van der Waals surface area contributed by atoms with Crippen LogP contribution >= 0.6 is 0 Å². The van der Waals surface area contributed by atoms with Crippen molar-refractivity contribution in [3.8, 4) is 0 Å². The van der Waals surface area contributed by atoms with Crippen LogP contribution in [0.1, 0.15) is 31.2 Å². The standard InChI is InChI=1S/C16H24FN3O2/c1-19-10-13(9-18-19)8-14-15(22-11-12-2-3-12)5-7-20(14)16(21)4-6-17/h9-10,12,14-15H,2-8,11H2,1H3/t14-,15-/m0/s1. The molecule has 1 saturated carbocycles. The number of aryl methyl sites for hydroxylation is 1. The molecule has 1 aliphatic heterocycles. The first-order chi connectivity index (χ1) is 10.7. The quantitative estimate of drug-likeness (QED) is 0.770. The number of rotatable bonds is 7. The molecule has 2 heterocycles. The third-order valence-electron chi connectivity index (χ3n) is 4.56. The van der Waals surface area contributed by atoms with Crippen molar-refractivity contribution in [1.29, 1.82) is 0 Å². The fourth-order valence-electron chi connectivity index (χ4n) is 3.16. The van der Waals surface area contributed by atoms with E-state index in [1.165, 1.54) is 12.8 Å². The molecule has 1 amide bonds. The van der Waals surface area contributed by atoms with Crippen molar-refractivity contribution in [2.45, 2.75) is 44.2 Å². The van der Waals surface area contributed by atoms with Crippen LogP contribution in [0.2, 0.25) is 0 Å². The lowest BCUT2D eigenvalue weighted by Crippen LogP contribution is -2.42. The zero-order valence-corrected chi connectivity index (χ0v) is 13.1. The first kappa shape index (κ1) is 15.5. The van der Waals surface area contributed by atoms with Gasteiger partial charge in [-0.05, 0) is 37.2 Å². The molecule has 6 heteroatoms. The van der Waals surface area contributed by atoms with Crippen LogP contribution in [0.4, 0.5) is 4.39 Å². The van der Waals surface area contributed by atoms with Crippen LogP contribution < -0.4 is 0 Å². The van der Waals surface area contributed by atoms with E-state index in [1.54, 1.807) is 4.68 Å². The van der Waals surface area contributed by atoms with Crippen LogP contribution in [0, 0.1) is 5.92 Å². The summed E-state index contributed by atoms with van der Waals surface area (Å²) < 4.78 is 20.3. The van der Waals surface area contributed by atoms with Crippen LogP contribution in [0.3, 0.4) is 0 Å². The van der Waals surface area contributed by atoms with Gasteiger partial charge in [0.05, 0.1) is 31.4 Å². The molecule has 2 aliphatic rings. The Bertz CT molecular complexity index is 515. The number of hydrogen-bond acceptors (Lipinski definition) is 3. The van der Waals surface area contributed by atoms with Crippen LogP contribution in [0.5, 0.6) is 0 Å². The van der Waals surface area contributed by atoms with E-state index < -0.39 is 6.67 Å². The van der Waals surface area contributed by atoms with Crippen LogP contribution in [-0.2, 0) is 23.0 Å². The number of carbonyl (C=O) groups excluding carboxylic acids is 1. The van der Waals surface area contributed by atoms with Gasteiger partial charge in [0.15, 0.2) is 0 Å². The first-order valence-corrected chi connectivity index (χ1v) is 8.12. The van der Waals surface area contributed by atoms with Crippen molar-refractivity contribution in [3.05, 3.63) is 18.0 Å². The molecular weight excluding hydrogens is 285 g/mol. The Morgan fingerprint density at radius 2 is 2.27 bits per heavy atom. The molecule has 0 bridgehead atoms. The van der Waals surface area contributed by atoms with Gasteiger partial charge < -0.3 is 9.64 Å². The summed E-state index contributed by atoms with van der Waals surface area (Å²) in [6, 6.07) is 0.00185. The molecule has 0 spiro atoms. The lowest BCUT2D eigenvalue weighted by molar-refractivity contribution is -0.133. The maximum atomic E-state index is 12.5. The average Bonchev–Trinajstić information content (AvgIpc) is 3.11. The highest BCUT2D eigenvalue weighted by atomic mass is 19.1. The molecular formula is C16H24FN3O2. The summed E-state index contributed by atoms with van der Waals surface area (Å²) in [5, 5.41) is 4.19. The van der Waals surface area contributed by atoms with Crippen molar-refractivity contribution in [2.24, 2.45) is 13.0 Å². The second-order valence-corrected chi connectivity index (χ2v) is 6.42. The Morgan fingerprint density at radius 1 is 1.45 bits per heavy atom. The molecule has 1 aromatic heterocycles. The number of ether oxygens (including phenoxy) is 1. The third kappa shape index (κ3) is 3.66. The van der Waals surface area contributed by atoms with E-state index in [1.807, 2.05) is 24.3 Å². The number of nitrogens with zero attached hydrogens (tertiary/aromatic N) is 3. The summed E-state index contributed by atoms with van der Waals surface area (Å²) in [5.41, 5.74) is 1.09. The summed E-state index contributed by atoms with van der Waals surface area (Å²) in [6.45, 7) is 0.862. The van der Waals surface area contributed by atoms with Crippen LogP contribution in [-0.4, -0.2) is 52.6 Å². The van der Waals surface area contributed by atoms with Crippen molar-refractivity contribution in [2.75, 3.05) is 19.8 Å². The molecule has 0 unspecified atom stereocenters. The summed E-state index contributed by atoms with van der Waals surface area (Å²) in [6.07, 6.45) is 7.90. The van der Waals surface area contributed by atoms with E-state index in [9.17, 15) is 9.18 Å². The molecule has 1 aliphatic carbocycles. The fraction of sp³-hybridized carbons (Fsp3) is 0.750. The predicted molar refractivity (Wildman–Crippen MR) is 80.1 cm³/mol. The van der Waals surface area contributed by atoms with Crippen molar-refractivity contribution in [1.82, 2.24) is 14.7 Å². The molecule has 0 N–H and O–H groups in total. The van der Waals surface area contributed by atoms with E-state index >= 15 is 0 Å². The Hall–Kier alpha value is -1.43. The van der Waals surface area contributed by atoms with Gasteiger partial charge in [0, 0.05) is 26.4 Å². The van der Waals surface area contributed by atoms with Gasteiger partial charge in [0.1, 0.15) is 0 Å². The predicted octanol–water partition coefficient (Wildman–Crippen LogP) is 1.72. The molecule has 0 aromatic carbocycles. The highest BCUT2D eigenvalue weighted by molar-refractivity contribution is 5.77. The molecule has 0 radical (unpaired) electrons. The number of halogens is 1. The van der Waals surface area contributed by atoms with Gasteiger partial charge in [0.2, 0.25) is 5.91 Å². The fourth-order valence-corrected chi connectivity index (χ4v) is 3.16. The maximum Gasteiger partial charge on any atom is 0.225 e. The number of alkyl halides is 1. The Labute approximate surface area is 130 Å². The molecule has 2 fully saturated rings. The Balaban J connectivity index is 1.67. The molecule has 1 aromatic rings. The van der Waals surface area contributed by atoms with Gasteiger partial charge in [-0.1, -0.05) is 0 Å². The second kappa shape index (κ2) is 6.77. The number of carbonyl (C=O) groups is 1. The van der Waals surface area contributed by atoms with E-state index in [0.717, 1.165) is 25.0 Å². The minimum Gasteiger partial charge on any atom is -0.376 e. The Morgan fingerprint density at radius 3 is 2.91 bits per heavy atom. The van der Waals surface area contributed by atoms with Gasteiger partial charge >= 0.3 is 0 Å². The topological polar surface area (TPSA) is 47.4 Å². The zero-order valence-electron chi connectivity index (χ0n) is 13.1. The van der Waals surface area contributed by atoms with E-state index in [4.69, 9.17) is 4.74 Å². The maximum absolute atomic E-state index is 12.5. The third-order valence-corrected chi connectivity index (χ3v) is 4.56. The minimum absolute atomic E-state index is 0.00185. The Kier molecular flexibility index (Phi) is 4.76. The van der Waals surface area contributed by atoms with Crippen molar-refractivity contribution in [3.63, 3.8) is 0 Å². The van der Waals surface area contributed by atoms with E-state index in [0.29, 0.717) is 12.5 Å². The first-order valence-electron chi connectivity index (χ1n) is 8.12. The second-order valence-electron chi connectivity index (χ2n) is 6.42. The largest absolute Gasteiger partial charge is 0.376 e. The lowest BCUT2D eigenvalue weighted by Gasteiger charge is -2.28. The number of hydrogen-bond donors (Lipinski definition) is 0. The molecule has 2 atom stereocenters.